The topological polar surface area (TPSA) is 55.9 Å². The van der Waals surface area contributed by atoms with Crippen molar-refractivity contribution in [1.82, 2.24) is 5.43 Å². The number of hydrogen-bond acceptors (Lipinski definition) is 4. The summed E-state index contributed by atoms with van der Waals surface area (Å²) >= 11 is 1.22. The van der Waals surface area contributed by atoms with Gasteiger partial charge in [-0.15, -0.1) is 10.5 Å². The fraction of sp³-hybridized carbons (Fsp3) is 0.125. The zero-order valence-electron chi connectivity index (χ0n) is 6.67. The van der Waals surface area contributed by atoms with E-state index in [1.54, 1.807) is 0 Å². The zero-order valence-corrected chi connectivity index (χ0v) is 7.49. The molecule has 0 aliphatic carbocycles. The van der Waals surface area contributed by atoms with Crippen molar-refractivity contribution in [3.05, 3.63) is 23.8 Å². The third-order valence-corrected chi connectivity index (χ3v) is 2.30. The Hall–Kier alpha value is -1.36. The number of carbonyl (C=O) groups is 1. The van der Waals surface area contributed by atoms with E-state index in [4.69, 9.17) is 0 Å². The molecule has 1 aromatic carbocycles. The largest absolute Gasteiger partial charge is 0.291 e. The average Bonchev–Trinajstić information content (AvgIpc) is 2.61. The molecule has 5 heteroatoms. The summed E-state index contributed by atoms with van der Waals surface area (Å²) in [5, 5.41) is 7.38. The molecule has 1 radical (unpaired) electrons. The van der Waals surface area contributed by atoms with Crippen molar-refractivity contribution in [2.24, 2.45) is 10.3 Å². The number of rotatable bonds is 3. The summed E-state index contributed by atoms with van der Waals surface area (Å²) in [4.78, 5) is 10.1. The fourth-order valence-electron chi connectivity index (χ4n) is 1.07. The third kappa shape index (κ3) is 1.70. The molecule has 13 heavy (non-hydrogen) atoms. The van der Waals surface area contributed by atoms with Crippen LogP contribution < -0.4 is 5.43 Å². The Balaban J connectivity index is 2.20. The Morgan fingerprint density at radius 3 is 3.15 bits per heavy atom. The first-order chi connectivity index (χ1) is 6.40. The maximum Gasteiger partial charge on any atom is 0.176 e. The van der Waals surface area contributed by atoms with E-state index in [9.17, 15) is 4.79 Å². The van der Waals surface area contributed by atoms with Crippen LogP contribution in [0.4, 0.5) is 11.4 Å². The molecule has 0 N–H and O–H groups in total. The summed E-state index contributed by atoms with van der Waals surface area (Å²) in [6.45, 7) is 0. The van der Waals surface area contributed by atoms with Gasteiger partial charge in [0.15, 0.2) is 5.62 Å². The SMILES string of the molecule is O=CSCc1ccc2c(c1)N=N[N]2. The zero-order chi connectivity index (χ0) is 9.10. The lowest BCUT2D eigenvalue weighted by molar-refractivity contribution is 0.570. The molecule has 1 aliphatic heterocycles. The first-order valence-corrected chi connectivity index (χ1v) is 4.75. The molecular formula is C8H6N3OS. The summed E-state index contributed by atoms with van der Waals surface area (Å²) in [6, 6.07) is 5.68. The molecule has 0 amide bonds. The molecule has 65 valence electrons. The third-order valence-electron chi connectivity index (χ3n) is 1.66. The first-order valence-electron chi connectivity index (χ1n) is 3.70. The van der Waals surface area contributed by atoms with Crippen LogP contribution in [0.1, 0.15) is 5.56 Å². The molecule has 0 saturated carbocycles. The normalized spacial score (nSPS) is 12.3. The highest BCUT2D eigenvalue weighted by molar-refractivity contribution is 8.11. The lowest BCUT2D eigenvalue weighted by atomic mass is 10.2. The predicted octanol–water partition coefficient (Wildman–Crippen LogP) is 2.36. The molecule has 1 heterocycles. The molecule has 1 aromatic rings. The Morgan fingerprint density at radius 2 is 2.31 bits per heavy atom. The van der Waals surface area contributed by atoms with Crippen LogP contribution in [0.25, 0.3) is 0 Å². The smallest absolute Gasteiger partial charge is 0.176 e. The van der Waals surface area contributed by atoms with E-state index >= 15 is 0 Å². The molecular weight excluding hydrogens is 186 g/mol. The maximum atomic E-state index is 10.1. The molecule has 0 saturated heterocycles. The van der Waals surface area contributed by atoms with Gasteiger partial charge in [-0.2, -0.15) is 0 Å². The minimum absolute atomic E-state index is 0.673. The van der Waals surface area contributed by atoms with Gasteiger partial charge in [-0.25, -0.2) is 0 Å². The monoisotopic (exact) mass is 192 g/mol. The predicted molar refractivity (Wildman–Crippen MR) is 50.8 cm³/mol. The van der Waals surface area contributed by atoms with Gasteiger partial charge in [0.05, 0.1) is 0 Å². The first kappa shape index (κ1) is 8.25. The van der Waals surface area contributed by atoms with Gasteiger partial charge in [0, 0.05) is 5.75 Å². The quantitative estimate of drug-likeness (QED) is 0.690. The number of benzene rings is 1. The van der Waals surface area contributed by atoms with E-state index in [-0.39, 0.29) is 0 Å². The van der Waals surface area contributed by atoms with Crippen molar-refractivity contribution in [3.8, 4) is 0 Å². The van der Waals surface area contributed by atoms with Crippen LogP contribution in [-0.4, -0.2) is 5.62 Å². The van der Waals surface area contributed by atoms with Gasteiger partial charge in [0.25, 0.3) is 0 Å². The van der Waals surface area contributed by atoms with Crippen LogP contribution in [0.5, 0.6) is 0 Å². The van der Waals surface area contributed by atoms with Crippen molar-refractivity contribution < 1.29 is 4.79 Å². The molecule has 2 rings (SSSR count). The van der Waals surface area contributed by atoms with Gasteiger partial charge < -0.3 is 0 Å². The molecule has 1 aliphatic rings. The molecule has 0 atom stereocenters. The minimum Gasteiger partial charge on any atom is -0.291 e. The van der Waals surface area contributed by atoms with E-state index in [1.807, 2.05) is 18.2 Å². The summed E-state index contributed by atoms with van der Waals surface area (Å²) in [7, 11) is 0. The van der Waals surface area contributed by atoms with Crippen LogP contribution in [0.3, 0.4) is 0 Å². The average molecular weight is 192 g/mol. The minimum atomic E-state index is 0.673. The van der Waals surface area contributed by atoms with Crippen molar-refractivity contribution in [2.45, 2.75) is 5.75 Å². The molecule has 0 unspecified atom stereocenters. The second-order valence-electron chi connectivity index (χ2n) is 2.52. The summed E-state index contributed by atoms with van der Waals surface area (Å²) < 4.78 is 0. The van der Waals surface area contributed by atoms with Gasteiger partial charge in [-0.1, -0.05) is 17.8 Å². The maximum absolute atomic E-state index is 10.1. The van der Waals surface area contributed by atoms with Crippen LogP contribution in [-0.2, 0) is 10.5 Å². The Kier molecular flexibility index (Phi) is 2.27. The van der Waals surface area contributed by atoms with Crippen molar-refractivity contribution in [1.29, 1.82) is 0 Å². The van der Waals surface area contributed by atoms with E-state index in [2.05, 4.69) is 15.8 Å². The molecule has 0 spiro atoms. The van der Waals surface area contributed by atoms with Crippen LogP contribution in [0.15, 0.2) is 28.5 Å². The Morgan fingerprint density at radius 1 is 1.38 bits per heavy atom. The van der Waals surface area contributed by atoms with Gasteiger partial charge in [0.1, 0.15) is 11.4 Å². The number of thioether (sulfide) groups is 1. The van der Waals surface area contributed by atoms with Crippen LogP contribution in [0.2, 0.25) is 0 Å². The van der Waals surface area contributed by atoms with E-state index in [0.29, 0.717) is 5.75 Å². The highest BCUT2D eigenvalue weighted by atomic mass is 32.2. The van der Waals surface area contributed by atoms with Crippen molar-refractivity contribution >= 4 is 28.8 Å². The van der Waals surface area contributed by atoms with Crippen LogP contribution >= 0.6 is 11.8 Å². The summed E-state index contributed by atoms with van der Waals surface area (Å²) in [5.74, 6) is 0.673. The lowest BCUT2D eigenvalue weighted by Gasteiger charge is -1.98. The summed E-state index contributed by atoms with van der Waals surface area (Å²) in [5.41, 5.74) is 7.27. The molecule has 0 fully saturated rings. The number of hydrogen-bond donors (Lipinski definition) is 0. The highest BCUT2D eigenvalue weighted by Gasteiger charge is 2.09. The number of nitrogens with zero attached hydrogens (tertiary/aromatic N) is 3. The second-order valence-corrected chi connectivity index (χ2v) is 3.33. The van der Waals surface area contributed by atoms with Gasteiger partial charge in [-0.05, 0) is 22.9 Å². The lowest BCUT2D eigenvalue weighted by Crippen LogP contribution is -1.82. The Labute approximate surface area is 79.4 Å². The van der Waals surface area contributed by atoms with Gasteiger partial charge in [-0.3, -0.25) is 4.79 Å². The highest BCUT2D eigenvalue weighted by Crippen LogP contribution is 2.31. The molecule has 0 aromatic heterocycles. The van der Waals surface area contributed by atoms with Gasteiger partial charge >= 0.3 is 0 Å². The van der Waals surface area contributed by atoms with Crippen molar-refractivity contribution in [2.75, 3.05) is 0 Å². The van der Waals surface area contributed by atoms with E-state index in [1.165, 1.54) is 11.8 Å². The molecule has 4 nitrogen and oxygen atoms in total. The fourth-order valence-corrected chi connectivity index (χ4v) is 1.51. The van der Waals surface area contributed by atoms with E-state index in [0.717, 1.165) is 22.6 Å². The number of carbonyl (C=O) groups excluding carboxylic acids is 1. The number of fused-ring (bicyclic) bond motifs is 1. The standard InChI is InChI=1S/C8H6N3OS/c12-5-13-4-6-1-2-7-8(3-6)10-11-9-7/h1-3,5H,4H2. The summed E-state index contributed by atoms with van der Waals surface area (Å²) in [6.07, 6.45) is 0. The second kappa shape index (κ2) is 3.57. The van der Waals surface area contributed by atoms with Crippen LogP contribution in [0, 0.1) is 0 Å². The van der Waals surface area contributed by atoms with Gasteiger partial charge in [0.2, 0.25) is 0 Å². The molecule has 0 bridgehead atoms. The Bertz CT molecular complexity index is 364. The van der Waals surface area contributed by atoms with Crippen molar-refractivity contribution in [3.63, 3.8) is 0 Å². The van der Waals surface area contributed by atoms with E-state index < -0.39 is 0 Å².